The van der Waals surface area contributed by atoms with E-state index in [1.165, 1.54) is 6.33 Å². The standard InChI is InChI=1S/C9H15N6O6P/c10-7-6-8(14-9(11)13-7)15(3-12-6)21-5(1-16)2-20-4-22(17,18)19/h3,5,16H,1-2,4H2,(H2,17,18,19)(H4,10,11,13,14). The van der Waals surface area contributed by atoms with Gasteiger partial charge in [0.1, 0.15) is 12.7 Å². The summed E-state index contributed by atoms with van der Waals surface area (Å²) in [5.41, 5.74) is 11.6. The van der Waals surface area contributed by atoms with Gasteiger partial charge in [-0.15, -0.1) is 0 Å². The van der Waals surface area contributed by atoms with E-state index in [-0.39, 0.29) is 29.5 Å². The summed E-state index contributed by atoms with van der Waals surface area (Å²) in [6.45, 7) is -0.714. The Labute approximate surface area is 123 Å². The Morgan fingerprint density at radius 2 is 2.09 bits per heavy atom. The Morgan fingerprint density at radius 3 is 2.73 bits per heavy atom. The summed E-state index contributed by atoms with van der Waals surface area (Å²) in [5, 5.41) is 9.22. The molecule has 0 aliphatic heterocycles. The number of ether oxygens (including phenoxy) is 1. The van der Waals surface area contributed by atoms with Crippen molar-refractivity contribution in [3.05, 3.63) is 6.33 Å². The first kappa shape index (κ1) is 16.4. The second-order valence-electron chi connectivity index (χ2n) is 4.28. The van der Waals surface area contributed by atoms with Gasteiger partial charge in [0, 0.05) is 0 Å². The second-order valence-corrected chi connectivity index (χ2v) is 5.87. The maximum absolute atomic E-state index is 10.7. The van der Waals surface area contributed by atoms with Gasteiger partial charge in [0.2, 0.25) is 11.6 Å². The minimum atomic E-state index is -4.29. The maximum atomic E-state index is 10.7. The molecule has 122 valence electrons. The molecule has 0 fully saturated rings. The lowest BCUT2D eigenvalue weighted by Crippen LogP contribution is -2.33. The van der Waals surface area contributed by atoms with Crippen LogP contribution >= 0.6 is 7.60 Å². The first-order chi connectivity index (χ1) is 10.3. The van der Waals surface area contributed by atoms with Crippen LogP contribution < -0.4 is 16.3 Å². The van der Waals surface area contributed by atoms with E-state index in [4.69, 9.17) is 30.8 Å². The van der Waals surface area contributed by atoms with Crippen LogP contribution in [0.1, 0.15) is 0 Å². The van der Waals surface area contributed by atoms with Gasteiger partial charge in [-0.1, -0.05) is 0 Å². The Balaban J connectivity index is 2.10. The van der Waals surface area contributed by atoms with Gasteiger partial charge in [0.05, 0.1) is 13.2 Å². The SMILES string of the molecule is Nc1nc(N)c2ncn(OC(CO)COCP(=O)(O)O)c2n1. The third-order valence-electron chi connectivity index (χ3n) is 2.44. The number of hydrogen-bond donors (Lipinski definition) is 5. The van der Waals surface area contributed by atoms with Crippen molar-refractivity contribution in [3.8, 4) is 0 Å². The fourth-order valence-corrected chi connectivity index (χ4v) is 1.92. The normalized spacial score (nSPS) is 13.4. The van der Waals surface area contributed by atoms with Crippen molar-refractivity contribution in [2.75, 3.05) is 31.0 Å². The topological polar surface area (TPSA) is 192 Å². The first-order valence-electron chi connectivity index (χ1n) is 5.96. The molecule has 0 amide bonds. The van der Waals surface area contributed by atoms with Crippen LogP contribution in [0.2, 0.25) is 0 Å². The average molecular weight is 334 g/mol. The van der Waals surface area contributed by atoms with Crippen LogP contribution in [0, 0.1) is 0 Å². The van der Waals surface area contributed by atoms with Crippen LogP contribution in [0.25, 0.3) is 11.2 Å². The number of fused-ring (bicyclic) bond motifs is 1. The molecule has 0 radical (unpaired) electrons. The van der Waals surface area contributed by atoms with Crippen LogP contribution in [-0.4, -0.2) is 60.2 Å². The van der Waals surface area contributed by atoms with Gasteiger partial charge in [0.25, 0.3) is 0 Å². The molecular formula is C9H15N6O6P. The first-order valence-corrected chi connectivity index (χ1v) is 7.76. The Hall–Kier alpha value is -1.98. The highest BCUT2D eigenvalue weighted by atomic mass is 31.2. The number of nitrogens with zero attached hydrogens (tertiary/aromatic N) is 4. The number of imidazole rings is 1. The van der Waals surface area contributed by atoms with E-state index in [0.29, 0.717) is 0 Å². The fraction of sp³-hybridized carbons (Fsp3) is 0.444. The summed E-state index contributed by atoms with van der Waals surface area (Å²) in [4.78, 5) is 34.4. The van der Waals surface area contributed by atoms with E-state index in [0.717, 1.165) is 4.73 Å². The molecule has 13 heteroatoms. The van der Waals surface area contributed by atoms with Crippen molar-refractivity contribution in [1.29, 1.82) is 0 Å². The number of anilines is 2. The van der Waals surface area contributed by atoms with Crippen molar-refractivity contribution in [2.45, 2.75) is 6.10 Å². The van der Waals surface area contributed by atoms with Gasteiger partial charge in [0.15, 0.2) is 17.4 Å². The molecule has 7 N–H and O–H groups in total. The summed E-state index contributed by atoms with van der Waals surface area (Å²) < 4.78 is 16.6. The molecule has 2 rings (SSSR count). The summed E-state index contributed by atoms with van der Waals surface area (Å²) in [5.74, 6) is -0.00297. The Kier molecular flexibility index (Phi) is 4.78. The van der Waals surface area contributed by atoms with E-state index in [1.807, 2.05) is 0 Å². The zero-order chi connectivity index (χ0) is 16.3. The van der Waals surface area contributed by atoms with Crippen LogP contribution in [0.5, 0.6) is 0 Å². The van der Waals surface area contributed by atoms with E-state index in [1.54, 1.807) is 0 Å². The highest BCUT2D eigenvalue weighted by molar-refractivity contribution is 7.51. The van der Waals surface area contributed by atoms with E-state index < -0.39 is 26.7 Å². The summed E-state index contributed by atoms with van der Waals surface area (Å²) in [6, 6.07) is 0. The minimum absolute atomic E-state index is 0.0724. The number of aliphatic hydroxyl groups is 1. The predicted octanol–water partition coefficient (Wildman–Crippen LogP) is -2.07. The van der Waals surface area contributed by atoms with Crippen molar-refractivity contribution in [2.24, 2.45) is 0 Å². The summed E-state index contributed by atoms with van der Waals surface area (Å²) >= 11 is 0. The molecule has 0 saturated heterocycles. The number of nitrogen functional groups attached to an aromatic ring is 2. The molecule has 2 aromatic rings. The number of hydrogen-bond acceptors (Lipinski definition) is 9. The van der Waals surface area contributed by atoms with Gasteiger partial charge in [-0.2, -0.15) is 14.7 Å². The molecule has 0 aliphatic rings. The lowest BCUT2D eigenvalue weighted by atomic mass is 10.4. The van der Waals surface area contributed by atoms with E-state index in [9.17, 15) is 9.67 Å². The molecule has 1 unspecified atom stereocenters. The number of nitrogens with two attached hydrogens (primary N) is 2. The zero-order valence-corrected chi connectivity index (χ0v) is 12.1. The predicted molar refractivity (Wildman–Crippen MR) is 74.5 cm³/mol. The molecule has 12 nitrogen and oxygen atoms in total. The molecule has 1 atom stereocenters. The Bertz CT molecular complexity index is 701. The van der Waals surface area contributed by atoms with Gasteiger partial charge >= 0.3 is 7.60 Å². The monoisotopic (exact) mass is 334 g/mol. The van der Waals surface area contributed by atoms with E-state index >= 15 is 0 Å². The van der Waals surface area contributed by atoms with Crippen LogP contribution in [0.4, 0.5) is 11.8 Å². The van der Waals surface area contributed by atoms with Gasteiger partial charge in [-0.05, 0) is 0 Å². The number of aliphatic hydroxyl groups excluding tert-OH is 1. The van der Waals surface area contributed by atoms with Crippen LogP contribution in [0.15, 0.2) is 6.33 Å². The van der Waals surface area contributed by atoms with Gasteiger partial charge in [-0.25, -0.2) is 4.98 Å². The second kappa shape index (κ2) is 6.42. The third-order valence-corrected chi connectivity index (χ3v) is 2.96. The average Bonchev–Trinajstić information content (AvgIpc) is 2.79. The lowest BCUT2D eigenvalue weighted by Gasteiger charge is -2.17. The highest BCUT2D eigenvalue weighted by Crippen LogP contribution is 2.33. The molecule has 2 heterocycles. The van der Waals surface area contributed by atoms with Crippen molar-refractivity contribution in [1.82, 2.24) is 19.7 Å². The molecule has 0 saturated carbocycles. The maximum Gasteiger partial charge on any atom is 0.350 e. The van der Waals surface area contributed by atoms with E-state index in [2.05, 4.69) is 15.0 Å². The zero-order valence-electron chi connectivity index (χ0n) is 11.2. The van der Waals surface area contributed by atoms with Gasteiger partial charge < -0.3 is 35.9 Å². The Morgan fingerprint density at radius 1 is 1.36 bits per heavy atom. The molecule has 2 aromatic heterocycles. The molecule has 22 heavy (non-hydrogen) atoms. The van der Waals surface area contributed by atoms with Crippen LogP contribution in [0.3, 0.4) is 0 Å². The summed E-state index contributed by atoms with van der Waals surface area (Å²) in [6.07, 6.45) is -0.429. The molecule has 0 aliphatic carbocycles. The van der Waals surface area contributed by atoms with Crippen LogP contribution in [-0.2, 0) is 9.30 Å². The quantitative estimate of drug-likeness (QED) is 0.349. The molecule has 0 spiro atoms. The van der Waals surface area contributed by atoms with Crippen molar-refractivity contribution >= 4 is 30.5 Å². The number of aromatic nitrogens is 4. The highest BCUT2D eigenvalue weighted by Gasteiger charge is 2.18. The molecule has 0 bridgehead atoms. The summed E-state index contributed by atoms with van der Waals surface area (Å²) in [7, 11) is -4.29. The fourth-order valence-electron chi connectivity index (χ4n) is 1.58. The largest absolute Gasteiger partial charge is 0.403 e. The molecule has 0 aromatic carbocycles. The van der Waals surface area contributed by atoms with Gasteiger partial charge in [-0.3, -0.25) is 4.57 Å². The van der Waals surface area contributed by atoms with Crippen molar-refractivity contribution in [3.63, 3.8) is 0 Å². The smallest absolute Gasteiger partial charge is 0.350 e. The van der Waals surface area contributed by atoms with Crippen molar-refractivity contribution < 1.29 is 29.0 Å². The third kappa shape index (κ3) is 4.02. The minimum Gasteiger partial charge on any atom is -0.403 e. The lowest BCUT2D eigenvalue weighted by molar-refractivity contribution is -0.0396. The molecular weight excluding hydrogens is 319 g/mol. The number of rotatable bonds is 7.